The second-order valence-corrected chi connectivity index (χ2v) is 6.23. The highest BCUT2D eigenvalue weighted by molar-refractivity contribution is 4.92. The lowest BCUT2D eigenvalue weighted by Gasteiger charge is -2.33. The van der Waals surface area contributed by atoms with Gasteiger partial charge in [-0.15, -0.1) is 0 Å². The maximum Gasteiger partial charge on any atom is 0.0623 e. The summed E-state index contributed by atoms with van der Waals surface area (Å²) in [4.78, 5) is 2.54. The van der Waals surface area contributed by atoms with E-state index in [2.05, 4.69) is 29.4 Å². The first-order valence-corrected chi connectivity index (χ1v) is 8.62. The molecule has 3 unspecified atom stereocenters. The van der Waals surface area contributed by atoms with Crippen molar-refractivity contribution in [2.45, 2.75) is 51.6 Å². The third-order valence-electron chi connectivity index (χ3n) is 4.86. The Morgan fingerprint density at radius 2 is 2.15 bits per heavy atom. The molecule has 20 heavy (non-hydrogen) atoms. The predicted molar refractivity (Wildman–Crippen MR) is 84.1 cm³/mol. The molecule has 0 radical (unpaired) electrons. The van der Waals surface area contributed by atoms with Crippen LogP contribution in [-0.4, -0.2) is 62.9 Å². The standard InChI is InChI=1S/C16H33N3O/c1-3-10-19(4-2)11-8-17-15-7-5-6-14(15)16-13-20-12-9-18-16/h14-18H,3-13H2,1-2H3. The molecule has 0 spiro atoms. The zero-order chi connectivity index (χ0) is 14.2. The van der Waals surface area contributed by atoms with E-state index in [1.807, 2.05) is 0 Å². The van der Waals surface area contributed by atoms with Gasteiger partial charge in [-0.1, -0.05) is 20.3 Å². The third kappa shape index (κ3) is 4.69. The van der Waals surface area contributed by atoms with Crippen LogP contribution in [0, 0.1) is 5.92 Å². The van der Waals surface area contributed by atoms with Gasteiger partial charge in [-0.3, -0.25) is 0 Å². The molecule has 1 heterocycles. The average Bonchev–Trinajstić information content (AvgIpc) is 2.95. The predicted octanol–water partition coefficient (Wildman–Crippen LogP) is 1.47. The van der Waals surface area contributed by atoms with Gasteiger partial charge < -0.3 is 20.3 Å². The molecule has 2 N–H and O–H groups in total. The van der Waals surface area contributed by atoms with Gasteiger partial charge in [0.25, 0.3) is 0 Å². The summed E-state index contributed by atoms with van der Waals surface area (Å²) >= 11 is 0. The fourth-order valence-electron chi connectivity index (χ4n) is 3.74. The molecule has 3 atom stereocenters. The highest BCUT2D eigenvalue weighted by Crippen LogP contribution is 2.29. The van der Waals surface area contributed by atoms with Crippen molar-refractivity contribution in [1.29, 1.82) is 0 Å². The minimum absolute atomic E-state index is 0.571. The Bertz CT molecular complexity index is 256. The summed E-state index contributed by atoms with van der Waals surface area (Å²) in [6.07, 6.45) is 5.31. The van der Waals surface area contributed by atoms with Gasteiger partial charge >= 0.3 is 0 Å². The van der Waals surface area contributed by atoms with Crippen LogP contribution >= 0.6 is 0 Å². The van der Waals surface area contributed by atoms with Crippen molar-refractivity contribution >= 4 is 0 Å². The zero-order valence-electron chi connectivity index (χ0n) is 13.4. The minimum Gasteiger partial charge on any atom is -0.379 e. The van der Waals surface area contributed by atoms with Crippen molar-refractivity contribution in [2.24, 2.45) is 5.92 Å². The van der Waals surface area contributed by atoms with E-state index in [1.54, 1.807) is 0 Å². The Kier molecular flexibility index (Phi) is 7.28. The molecule has 0 aromatic carbocycles. The van der Waals surface area contributed by atoms with Gasteiger partial charge in [0.15, 0.2) is 0 Å². The molecule has 0 bridgehead atoms. The molecular weight excluding hydrogens is 250 g/mol. The summed E-state index contributed by atoms with van der Waals surface area (Å²) in [6.45, 7) is 12.0. The highest BCUT2D eigenvalue weighted by Gasteiger charge is 2.34. The van der Waals surface area contributed by atoms with Crippen LogP contribution in [0.3, 0.4) is 0 Å². The Morgan fingerprint density at radius 3 is 2.85 bits per heavy atom. The summed E-state index contributed by atoms with van der Waals surface area (Å²) in [5.41, 5.74) is 0. The highest BCUT2D eigenvalue weighted by atomic mass is 16.5. The number of hydrogen-bond acceptors (Lipinski definition) is 4. The van der Waals surface area contributed by atoms with Crippen LogP contribution in [0.2, 0.25) is 0 Å². The molecule has 0 amide bonds. The van der Waals surface area contributed by atoms with E-state index in [0.717, 1.165) is 32.2 Å². The molecule has 118 valence electrons. The normalized spacial score (nSPS) is 31.1. The molecule has 2 aliphatic rings. The van der Waals surface area contributed by atoms with Gasteiger partial charge in [0, 0.05) is 31.7 Å². The molecule has 1 saturated carbocycles. The second-order valence-electron chi connectivity index (χ2n) is 6.23. The van der Waals surface area contributed by atoms with Crippen LogP contribution in [0.5, 0.6) is 0 Å². The van der Waals surface area contributed by atoms with Crippen LogP contribution in [0.25, 0.3) is 0 Å². The molecule has 1 saturated heterocycles. The van der Waals surface area contributed by atoms with E-state index in [1.165, 1.54) is 45.3 Å². The van der Waals surface area contributed by atoms with Gasteiger partial charge in [-0.05, 0) is 38.3 Å². The van der Waals surface area contributed by atoms with Crippen LogP contribution < -0.4 is 10.6 Å². The van der Waals surface area contributed by atoms with E-state index in [-0.39, 0.29) is 0 Å². The van der Waals surface area contributed by atoms with Gasteiger partial charge in [0.05, 0.1) is 13.2 Å². The minimum atomic E-state index is 0.571. The summed E-state index contributed by atoms with van der Waals surface area (Å²) < 4.78 is 5.64. The van der Waals surface area contributed by atoms with E-state index in [4.69, 9.17) is 4.74 Å². The van der Waals surface area contributed by atoms with Crippen molar-refractivity contribution < 1.29 is 4.74 Å². The van der Waals surface area contributed by atoms with Crippen molar-refractivity contribution in [1.82, 2.24) is 15.5 Å². The first-order chi connectivity index (χ1) is 9.85. The van der Waals surface area contributed by atoms with Gasteiger partial charge in [0.1, 0.15) is 0 Å². The van der Waals surface area contributed by atoms with E-state index in [0.29, 0.717) is 12.1 Å². The van der Waals surface area contributed by atoms with Crippen molar-refractivity contribution in [3.05, 3.63) is 0 Å². The number of likely N-dealkylation sites (N-methyl/N-ethyl adjacent to an activating group) is 1. The number of rotatable bonds is 8. The van der Waals surface area contributed by atoms with E-state index in [9.17, 15) is 0 Å². The Labute approximate surface area is 124 Å². The second kappa shape index (κ2) is 8.98. The topological polar surface area (TPSA) is 36.5 Å². The number of morpholine rings is 1. The molecule has 0 aromatic heterocycles. The Balaban J connectivity index is 1.70. The molecule has 4 heteroatoms. The van der Waals surface area contributed by atoms with Crippen LogP contribution in [-0.2, 0) is 4.74 Å². The Hall–Kier alpha value is -0.160. The molecule has 2 rings (SSSR count). The molecular formula is C16H33N3O. The molecule has 2 fully saturated rings. The fourth-order valence-corrected chi connectivity index (χ4v) is 3.74. The molecule has 4 nitrogen and oxygen atoms in total. The first-order valence-electron chi connectivity index (χ1n) is 8.62. The summed E-state index contributed by atoms with van der Waals surface area (Å²) in [5, 5.41) is 7.46. The SMILES string of the molecule is CCCN(CC)CCNC1CCCC1C1COCCN1. The quantitative estimate of drug-likeness (QED) is 0.707. The maximum atomic E-state index is 5.64. The van der Waals surface area contributed by atoms with Crippen LogP contribution in [0.15, 0.2) is 0 Å². The lowest BCUT2D eigenvalue weighted by atomic mass is 9.94. The summed E-state index contributed by atoms with van der Waals surface area (Å²) in [6, 6.07) is 1.26. The van der Waals surface area contributed by atoms with Crippen molar-refractivity contribution in [2.75, 3.05) is 45.9 Å². The van der Waals surface area contributed by atoms with Crippen molar-refractivity contribution in [3.63, 3.8) is 0 Å². The zero-order valence-corrected chi connectivity index (χ0v) is 13.4. The van der Waals surface area contributed by atoms with Crippen LogP contribution in [0.1, 0.15) is 39.5 Å². The van der Waals surface area contributed by atoms with Crippen LogP contribution in [0.4, 0.5) is 0 Å². The number of nitrogens with zero attached hydrogens (tertiary/aromatic N) is 1. The molecule has 1 aliphatic heterocycles. The third-order valence-corrected chi connectivity index (χ3v) is 4.86. The number of hydrogen-bond donors (Lipinski definition) is 2. The smallest absolute Gasteiger partial charge is 0.0623 e. The van der Waals surface area contributed by atoms with Gasteiger partial charge in [0.2, 0.25) is 0 Å². The van der Waals surface area contributed by atoms with Crippen molar-refractivity contribution in [3.8, 4) is 0 Å². The largest absolute Gasteiger partial charge is 0.379 e. The average molecular weight is 283 g/mol. The maximum absolute atomic E-state index is 5.64. The summed E-state index contributed by atoms with van der Waals surface area (Å²) in [7, 11) is 0. The molecule has 1 aliphatic carbocycles. The van der Waals surface area contributed by atoms with Gasteiger partial charge in [-0.2, -0.15) is 0 Å². The fraction of sp³-hybridized carbons (Fsp3) is 1.00. The first kappa shape index (κ1) is 16.2. The van der Waals surface area contributed by atoms with E-state index < -0.39 is 0 Å². The summed E-state index contributed by atoms with van der Waals surface area (Å²) in [5.74, 6) is 0.761. The number of ether oxygens (including phenoxy) is 1. The van der Waals surface area contributed by atoms with Gasteiger partial charge in [-0.25, -0.2) is 0 Å². The lowest BCUT2D eigenvalue weighted by molar-refractivity contribution is 0.0524. The monoisotopic (exact) mass is 283 g/mol. The van der Waals surface area contributed by atoms with E-state index >= 15 is 0 Å². The Morgan fingerprint density at radius 1 is 1.25 bits per heavy atom. The molecule has 0 aromatic rings. The lowest BCUT2D eigenvalue weighted by Crippen LogP contribution is -2.51. The number of nitrogens with one attached hydrogen (secondary N) is 2.